The molecule has 0 saturated carbocycles. The van der Waals surface area contributed by atoms with E-state index in [9.17, 15) is 19.5 Å². The molecule has 0 radical (unpaired) electrons. The van der Waals surface area contributed by atoms with Gasteiger partial charge in [-0.3, -0.25) is 4.79 Å². The fourth-order valence-corrected chi connectivity index (χ4v) is 3.15. The summed E-state index contributed by atoms with van der Waals surface area (Å²) in [4.78, 5) is 43.4. The Labute approximate surface area is 192 Å². The van der Waals surface area contributed by atoms with E-state index in [4.69, 9.17) is 4.84 Å². The van der Waals surface area contributed by atoms with E-state index in [1.165, 1.54) is 0 Å². The Morgan fingerprint density at radius 1 is 1.06 bits per heavy atom. The third-order valence-corrected chi connectivity index (χ3v) is 5.03. The molecule has 3 rings (SSSR count). The molecule has 0 aliphatic carbocycles. The Hall–Kier alpha value is -3.81. The third kappa shape index (κ3) is 5.34. The lowest BCUT2D eigenvalue weighted by Crippen LogP contribution is -2.31. The van der Waals surface area contributed by atoms with Gasteiger partial charge in [0.25, 0.3) is 0 Å². The van der Waals surface area contributed by atoms with E-state index in [0.717, 1.165) is 17.6 Å². The van der Waals surface area contributed by atoms with Crippen molar-refractivity contribution in [2.24, 2.45) is 5.41 Å². The molecule has 0 bridgehead atoms. The number of rotatable bonds is 7. The zero-order chi connectivity index (χ0) is 24.2. The first kappa shape index (κ1) is 23.8. The first-order valence-electron chi connectivity index (χ1n) is 10.9. The van der Waals surface area contributed by atoms with Crippen LogP contribution in [0.25, 0.3) is 10.9 Å². The summed E-state index contributed by atoms with van der Waals surface area (Å²) in [5.74, 6) is -1.49. The highest BCUT2D eigenvalue weighted by Gasteiger charge is 2.30. The zero-order valence-electron chi connectivity index (χ0n) is 19.3. The number of ketones is 1. The molecule has 0 saturated heterocycles. The number of hydrogen-bond donors (Lipinski definition) is 3. The van der Waals surface area contributed by atoms with Gasteiger partial charge in [-0.1, -0.05) is 43.7 Å². The van der Waals surface area contributed by atoms with Gasteiger partial charge in [0.15, 0.2) is 5.78 Å². The van der Waals surface area contributed by atoms with Crippen LogP contribution in [-0.4, -0.2) is 34.2 Å². The van der Waals surface area contributed by atoms with Crippen molar-refractivity contribution in [3.05, 3.63) is 59.7 Å². The summed E-state index contributed by atoms with van der Waals surface area (Å²) in [6.45, 7) is 7.62. The molecule has 0 aliphatic rings. The number of fused-ring (bicyclic) bond motifs is 1. The molecule has 1 heterocycles. The maximum atomic E-state index is 13.2. The van der Waals surface area contributed by atoms with Gasteiger partial charge in [-0.15, -0.1) is 4.73 Å². The highest BCUT2D eigenvalue weighted by Crippen LogP contribution is 2.34. The summed E-state index contributed by atoms with van der Waals surface area (Å²) in [6, 6.07) is 12.9. The van der Waals surface area contributed by atoms with Gasteiger partial charge in [-0.2, -0.15) is 0 Å². The Morgan fingerprint density at radius 3 is 2.39 bits per heavy atom. The van der Waals surface area contributed by atoms with Crippen LogP contribution >= 0.6 is 0 Å². The fraction of sp³-hybridized carbons (Fsp3) is 0.320. The largest absolute Gasteiger partial charge is 0.492 e. The lowest BCUT2D eigenvalue weighted by molar-refractivity contribution is -0.153. The van der Waals surface area contributed by atoms with Crippen LogP contribution in [0, 0.1) is 5.41 Å². The van der Waals surface area contributed by atoms with Gasteiger partial charge in [0.05, 0.1) is 16.5 Å². The predicted molar refractivity (Wildman–Crippen MR) is 126 cm³/mol. The van der Waals surface area contributed by atoms with Gasteiger partial charge >= 0.3 is 12.0 Å². The van der Waals surface area contributed by atoms with Crippen LogP contribution in [-0.2, 0) is 4.79 Å². The maximum Gasteiger partial charge on any atom is 0.338 e. The molecule has 3 aromatic rings. The first-order valence-corrected chi connectivity index (χ1v) is 10.9. The molecular formula is C25H29N3O5. The molecule has 8 heteroatoms. The zero-order valence-corrected chi connectivity index (χ0v) is 19.3. The van der Waals surface area contributed by atoms with Crippen molar-refractivity contribution < 1.29 is 24.3 Å². The van der Waals surface area contributed by atoms with E-state index < -0.39 is 23.0 Å². The maximum absolute atomic E-state index is 13.2. The Kier molecular flexibility index (Phi) is 7.06. The number of aromatic nitrogens is 1. The summed E-state index contributed by atoms with van der Waals surface area (Å²) in [7, 11) is 0. The number of anilines is 1. The molecule has 2 aromatic carbocycles. The minimum absolute atomic E-state index is 0.0110. The second kappa shape index (κ2) is 9.77. The SMILES string of the molecule is CCCCNC(=O)Nc1ccc2c(C(=O)c3ccccc3)c(O)n(OC(=O)C(C)(C)C)c2c1. The van der Waals surface area contributed by atoms with E-state index in [1.54, 1.807) is 69.3 Å². The number of benzene rings is 2. The van der Waals surface area contributed by atoms with Crippen LogP contribution in [0.15, 0.2) is 48.5 Å². The molecule has 174 valence electrons. The lowest BCUT2D eigenvalue weighted by atomic mass is 9.98. The molecular weight excluding hydrogens is 422 g/mol. The standard InChI is InChI=1S/C25H29N3O5/c1-5-6-14-26-24(32)27-17-12-13-18-19(15-17)28(33-23(31)25(2,3)4)22(30)20(18)21(29)16-10-8-7-9-11-16/h7-13,15,30H,5-6,14H2,1-4H3,(H2,26,27,32). The van der Waals surface area contributed by atoms with E-state index >= 15 is 0 Å². The number of nitrogens with zero attached hydrogens (tertiary/aromatic N) is 1. The second-order valence-electron chi connectivity index (χ2n) is 8.78. The van der Waals surface area contributed by atoms with Gasteiger partial charge in [-0.25, -0.2) is 9.59 Å². The highest BCUT2D eigenvalue weighted by molar-refractivity contribution is 6.18. The van der Waals surface area contributed by atoms with E-state index in [0.29, 0.717) is 23.2 Å². The molecule has 1 aromatic heterocycles. The number of carbonyl (C=O) groups is 3. The van der Waals surface area contributed by atoms with E-state index in [2.05, 4.69) is 10.6 Å². The molecule has 0 aliphatic heterocycles. The number of unbranched alkanes of at least 4 members (excludes halogenated alkanes) is 1. The van der Waals surface area contributed by atoms with Crippen LogP contribution in [0.5, 0.6) is 5.88 Å². The van der Waals surface area contributed by atoms with Crippen molar-refractivity contribution in [3.63, 3.8) is 0 Å². The molecule has 0 unspecified atom stereocenters. The molecule has 0 fully saturated rings. The van der Waals surface area contributed by atoms with Gasteiger partial charge in [-0.05, 0) is 45.4 Å². The van der Waals surface area contributed by atoms with Crippen molar-refractivity contribution in [2.45, 2.75) is 40.5 Å². The monoisotopic (exact) mass is 451 g/mol. The van der Waals surface area contributed by atoms with Crippen LogP contribution in [0.1, 0.15) is 56.5 Å². The summed E-state index contributed by atoms with van der Waals surface area (Å²) in [5, 5.41) is 16.8. The average molecular weight is 452 g/mol. The van der Waals surface area contributed by atoms with Crippen LogP contribution in [0.2, 0.25) is 0 Å². The summed E-state index contributed by atoms with van der Waals surface area (Å²) < 4.78 is 0.944. The fourth-order valence-electron chi connectivity index (χ4n) is 3.15. The molecule has 2 amide bonds. The molecule has 0 spiro atoms. The molecule has 3 N–H and O–H groups in total. The predicted octanol–water partition coefficient (Wildman–Crippen LogP) is 4.50. The average Bonchev–Trinajstić information content (AvgIpc) is 3.04. The van der Waals surface area contributed by atoms with Crippen LogP contribution < -0.4 is 15.5 Å². The smallest absolute Gasteiger partial charge is 0.338 e. The van der Waals surface area contributed by atoms with Gasteiger partial charge in [0, 0.05) is 23.2 Å². The summed E-state index contributed by atoms with van der Waals surface area (Å²) in [5.41, 5.74) is 0.238. The van der Waals surface area contributed by atoms with Crippen molar-refractivity contribution in [1.29, 1.82) is 0 Å². The number of hydrogen-bond acceptors (Lipinski definition) is 5. The highest BCUT2D eigenvalue weighted by atomic mass is 16.7. The number of aromatic hydroxyl groups is 1. The first-order chi connectivity index (χ1) is 15.6. The number of nitrogens with one attached hydrogen (secondary N) is 2. The van der Waals surface area contributed by atoms with E-state index in [1.807, 2.05) is 6.92 Å². The number of urea groups is 1. The minimum atomic E-state index is -0.846. The Balaban J connectivity index is 2.06. The van der Waals surface area contributed by atoms with Crippen LogP contribution in [0.3, 0.4) is 0 Å². The molecule has 8 nitrogen and oxygen atoms in total. The quantitative estimate of drug-likeness (QED) is 0.362. The summed E-state index contributed by atoms with van der Waals surface area (Å²) in [6.07, 6.45) is 1.81. The van der Waals surface area contributed by atoms with Gasteiger partial charge in [0.2, 0.25) is 5.88 Å². The van der Waals surface area contributed by atoms with Gasteiger partial charge in [0.1, 0.15) is 0 Å². The van der Waals surface area contributed by atoms with Crippen molar-refractivity contribution >= 4 is 34.4 Å². The minimum Gasteiger partial charge on any atom is -0.492 e. The lowest BCUT2D eigenvalue weighted by Gasteiger charge is -2.17. The van der Waals surface area contributed by atoms with E-state index in [-0.39, 0.29) is 17.1 Å². The topological polar surface area (TPSA) is 110 Å². The van der Waals surface area contributed by atoms with Crippen LogP contribution in [0.4, 0.5) is 10.5 Å². The summed E-state index contributed by atoms with van der Waals surface area (Å²) >= 11 is 0. The third-order valence-electron chi connectivity index (χ3n) is 5.03. The molecule has 33 heavy (non-hydrogen) atoms. The van der Waals surface area contributed by atoms with Crippen molar-refractivity contribution in [1.82, 2.24) is 10.0 Å². The Bertz CT molecular complexity index is 1180. The number of carbonyl (C=O) groups excluding carboxylic acids is 3. The molecule has 0 atom stereocenters. The van der Waals surface area contributed by atoms with Crippen molar-refractivity contribution in [3.8, 4) is 5.88 Å². The van der Waals surface area contributed by atoms with Gasteiger partial charge < -0.3 is 20.6 Å². The normalized spacial score (nSPS) is 11.3. The Morgan fingerprint density at radius 2 is 1.76 bits per heavy atom. The van der Waals surface area contributed by atoms with Crippen molar-refractivity contribution in [2.75, 3.05) is 11.9 Å². The second-order valence-corrected chi connectivity index (χ2v) is 8.78. The number of amides is 2.